The van der Waals surface area contributed by atoms with E-state index >= 15 is 0 Å². The zero-order chi connectivity index (χ0) is 15.0. The molecular formula is C16H19N3O2. The van der Waals surface area contributed by atoms with Crippen LogP contribution in [0.3, 0.4) is 0 Å². The topological polar surface area (TPSA) is 70.5 Å². The Morgan fingerprint density at radius 2 is 2.19 bits per heavy atom. The van der Waals surface area contributed by atoms with Crippen LogP contribution in [-0.4, -0.2) is 33.1 Å². The van der Waals surface area contributed by atoms with E-state index in [1.165, 1.54) is 0 Å². The second-order valence-electron chi connectivity index (χ2n) is 5.95. The Bertz CT molecular complexity index is 675. The molecule has 0 amide bonds. The molecule has 5 nitrogen and oxygen atoms in total. The Labute approximate surface area is 123 Å². The largest absolute Gasteiger partial charge is 0.475 e. The highest BCUT2D eigenvalue weighted by atomic mass is 16.5. The molecule has 1 aliphatic heterocycles. The number of aromatic amines is 1. The standard InChI is InChI=1S/C16H19N3O2/c1-10-11(14(20)13-7-17-9-18-13)5-4-6-12(10)15-19-16(2,3)8-21-15/h4-7,9,14,20H,8H2,1-3H3,(H,17,18)/t14-/m1/s1. The maximum atomic E-state index is 10.5. The highest BCUT2D eigenvalue weighted by Crippen LogP contribution is 2.28. The van der Waals surface area contributed by atoms with Crippen molar-refractivity contribution in [1.29, 1.82) is 0 Å². The fourth-order valence-corrected chi connectivity index (χ4v) is 2.49. The van der Waals surface area contributed by atoms with Crippen molar-refractivity contribution in [1.82, 2.24) is 9.97 Å². The van der Waals surface area contributed by atoms with Gasteiger partial charge in [-0.1, -0.05) is 12.1 Å². The normalized spacial score (nSPS) is 18.2. The summed E-state index contributed by atoms with van der Waals surface area (Å²) in [5, 5.41) is 10.5. The third-order valence-electron chi connectivity index (χ3n) is 3.68. The van der Waals surface area contributed by atoms with Gasteiger partial charge in [0.1, 0.15) is 12.7 Å². The summed E-state index contributed by atoms with van der Waals surface area (Å²) in [6.07, 6.45) is 2.45. The summed E-state index contributed by atoms with van der Waals surface area (Å²) in [7, 11) is 0. The number of hydrogen-bond donors (Lipinski definition) is 2. The second kappa shape index (κ2) is 5.00. The predicted molar refractivity (Wildman–Crippen MR) is 80.4 cm³/mol. The molecule has 0 aliphatic carbocycles. The van der Waals surface area contributed by atoms with Gasteiger partial charge >= 0.3 is 0 Å². The van der Waals surface area contributed by atoms with E-state index < -0.39 is 6.10 Å². The van der Waals surface area contributed by atoms with Gasteiger partial charge in [0.25, 0.3) is 0 Å². The number of aromatic nitrogens is 2. The number of nitrogens with one attached hydrogen (secondary N) is 1. The molecule has 0 radical (unpaired) electrons. The van der Waals surface area contributed by atoms with Crippen LogP contribution in [0.5, 0.6) is 0 Å². The van der Waals surface area contributed by atoms with Gasteiger partial charge in [-0.15, -0.1) is 0 Å². The Hall–Kier alpha value is -2.14. The van der Waals surface area contributed by atoms with Crippen molar-refractivity contribution in [3.05, 3.63) is 53.1 Å². The van der Waals surface area contributed by atoms with Crippen molar-refractivity contribution in [3.63, 3.8) is 0 Å². The Balaban J connectivity index is 2.00. The van der Waals surface area contributed by atoms with E-state index in [4.69, 9.17) is 4.74 Å². The molecule has 5 heteroatoms. The molecule has 0 bridgehead atoms. The number of ether oxygens (including phenoxy) is 1. The van der Waals surface area contributed by atoms with Crippen molar-refractivity contribution >= 4 is 5.90 Å². The zero-order valence-corrected chi connectivity index (χ0v) is 12.4. The number of nitrogens with zero attached hydrogens (tertiary/aromatic N) is 2. The molecular weight excluding hydrogens is 266 g/mol. The van der Waals surface area contributed by atoms with Crippen molar-refractivity contribution in [2.45, 2.75) is 32.4 Å². The molecule has 0 spiro atoms. The highest BCUT2D eigenvalue weighted by molar-refractivity contribution is 5.97. The van der Waals surface area contributed by atoms with Crippen LogP contribution in [0, 0.1) is 6.92 Å². The molecule has 1 aromatic heterocycles. The lowest BCUT2D eigenvalue weighted by Crippen LogP contribution is -2.17. The van der Waals surface area contributed by atoms with E-state index in [1.54, 1.807) is 12.5 Å². The summed E-state index contributed by atoms with van der Waals surface area (Å²) in [5.74, 6) is 0.649. The van der Waals surface area contributed by atoms with Crippen LogP contribution in [0.25, 0.3) is 0 Å². The molecule has 3 rings (SSSR count). The molecule has 0 unspecified atom stereocenters. The van der Waals surface area contributed by atoms with Crippen LogP contribution < -0.4 is 0 Å². The molecule has 0 saturated carbocycles. The van der Waals surface area contributed by atoms with Crippen molar-refractivity contribution in [3.8, 4) is 0 Å². The van der Waals surface area contributed by atoms with Gasteiger partial charge in [0, 0.05) is 5.56 Å². The van der Waals surface area contributed by atoms with Gasteiger partial charge in [-0.25, -0.2) is 9.98 Å². The van der Waals surface area contributed by atoms with Gasteiger partial charge in [0.15, 0.2) is 0 Å². The number of imidazole rings is 1. The van der Waals surface area contributed by atoms with Crippen molar-refractivity contribution in [2.24, 2.45) is 4.99 Å². The molecule has 110 valence electrons. The summed E-state index contributed by atoms with van der Waals surface area (Å²) < 4.78 is 5.71. The van der Waals surface area contributed by atoms with Crippen LogP contribution in [0.4, 0.5) is 0 Å². The van der Waals surface area contributed by atoms with Gasteiger partial charge in [-0.2, -0.15) is 0 Å². The monoisotopic (exact) mass is 285 g/mol. The number of benzene rings is 1. The Morgan fingerprint density at radius 3 is 2.81 bits per heavy atom. The minimum absolute atomic E-state index is 0.195. The fourth-order valence-electron chi connectivity index (χ4n) is 2.49. The van der Waals surface area contributed by atoms with Gasteiger partial charge < -0.3 is 14.8 Å². The van der Waals surface area contributed by atoms with Crippen LogP contribution in [-0.2, 0) is 4.74 Å². The molecule has 2 aromatic rings. The third-order valence-corrected chi connectivity index (χ3v) is 3.68. The van der Waals surface area contributed by atoms with E-state index in [-0.39, 0.29) is 5.54 Å². The molecule has 0 fully saturated rings. The summed E-state index contributed by atoms with van der Waals surface area (Å²) >= 11 is 0. The Morgan fingerprint density at radius 1 is 1.38 bits per heavy atom. The van der Waals surface area contributed by atoms with E-state index in [9.17, 15) is 5.11 Å². The minimum Gasteiger partial charge on any atom is -0.475 e. The lowest BCUT2D eigenvalue weighted by atomic mass is 9.97. The van der Waals surface area contributed by atoms with Crippen molar-refractivity contribution < 1.29 is 9.84 Å². The molecule has 1 aliphatic rings. The number of hydrogen-bond acceptors (Lipinski definition) is 4. The van der Waals surface area contributed by atoms with Crippen molar-refractivity contribution in [2.75, 3.05) is 6.61 Å². The molecule has 0 saturated heterocycles. The molecule has 1 aromatic carbocycles. The lowest BCUT2D eigenvalue weighted by molar-refractivity contribution is 0.215. The maximum Gasteiger partial charge on any atom is 0.217 e. The number of rotatable bonds is 3. The van der Waals surface area contributed by atoms with Crippen LogP contribution >= 0.6 is 0 Å². The summed E-state index contributed by atoms with van der Waals surface area (Å²) in [4.78, 5) is 11.5. The van der Waals surface area contributed by atoms with Crippen LogP contribution in [0.2, 0.25) is 0 Å². The fraction of sp³-hybridized carbons (Fsp3) is 0.375. The Kier molecular flexibility index (Phi) is 3.29. The number of H-pyrrole nitrogens is 1. The quantitative estimate of drug-likeness (QED) is 0.909. The van der Waals surface area contributed by atoms with Gasteiger partial charge in [0.2, 0.25) is 5.90 Å². The first-order chi connectivity index (χ1) is 9.98. The molecule has 1 atom stereocenters. The number of aliphatic hydroxyl groups is 1. The summed E-state index contributed by atoms with van der Waals surface area (Å²) in [5.41, 5.74) is 3.20. The summed E-state index contributed by atoms with van der Waals surface area (Å²) in [6, 6.07) is 5.79. The van der Waals surface area contributed by atoms with E-state index in [0.29, 0.717) is 18.2 Å². The minimum atomic E-state index is -0.734. The van der Waals surface area contributed by atoms with E-state index in [1.807, 2.05) is 39.0 Å². The van der Waals surface area contributed by atoms with Gasteiger partial charge in [-0.3, -0.25) is 0 Å². The third kappa shape index (κ3) is 2.56. The van der Waals surface area contributed by atoms with Crippen LogP contribution in [0.1, 0.15) is 42.3 Å². The molecule has 2 N–H and O–H groups in total. The van der Waals surface area contributed by atoms with Gasteiger partial charge in [0.05, 0.1) is 23.8 Å². The first-order valence-corrected chi connectivity index (χ1v) is 6.97. The van der Waals surface area contributed by atoms with Crippen LogP contribution in [0.15, 0.2) is 35.7 Å². The lowest BCUT2D eigenvalue weighted by Gasteiger charge is -2.15. The van der Waals surface area contributed by atoms with Gasteiger partial charge in [-0.05, 0) is 38.0 Å². The smallest absolute Gasteiger partial charge is 0.217 e. The predicted octanol–water partition coefficient (Wildman–Crippen LogP) is 2.36. The van der Waals surface area contributed by atoms with E-state index in [0.717, 1.165) is 16.7 Å². The second-order valence-corrected chi connectivity index (χ2v) is 5.95. The first kappa shape index (κ1) is 13.8. The first-order valence-electron chi connectivity index (χ1n) is 6.97. The highest BCUT2D eigenvalue weighted by Gasteiger charge is 2.28. The zero-order valence-electron chi connectivity index (χ0n) is 12.4. The average Bonchev–Trinajstić information content (AvgIpc) is 3.07. The number of aliphatic imine (C=N–C) groups is 1. The van der Waals surface area contributed by atoms with E-state index in [2.05, 4.69) is 15.0 Å². The number of aliphatic hydroxyl groups excluding tert-OH is 1. The average molecular weight is 285 g/mol. The maximum absolute atomic E-state index is 10.5. The molecule has 2 heterocycles. The SMILES string of the molecule is Cc1c(C2=NC(C)(C)CO2)cccc1[C@@H](O)c1cnc[nH]1. The summed E-state index contributed by atoms with van der Waals surface area (Å²) in [6.45, 7) is 6.63. The molecule has 21 heavy (non-hydrogen) atoms.